The van der Waals surface area contributed by atoms with E-state index < -0.39 is 63.8 Å². The fraction of sp³-hybridized carbons (Fsp3) is 0.400. The van der Waals surface area contributed by atoms with Crippen LogP contribution in [-0.4, -0.2) is 6.61 Å². The quantitative estimate of drug-likeness (QED) is 0.270. The fourth-order valence-electron chi connectivity index (χ4n) is 5.79. The van der Waals surface area contributed by atoms with E-state index in [1.165, 1.54) is 12.1 Å². The molecule has 2 aliphatic rings. The molecule has 42 heavy (non-hydrogen) atoms. The van der Waals surface area contributed by atoms with Gasteiger partial charge in [0.15, 0.2) is 0 Å². The third-order valence-electron chi connectivity index (χ3n) is 8.00. The Morgan fingerprint density at radius 3 is 1.83 bits per heavy atom. The Balaban J connectivity index is 1.39. The molecule has 0 radical (unpaired) electrons. The van der Waals surface area contributed by atoms with Crippen molar-refractivity contribution in [1.82, 2.24) is 0 Å². The first-order valence-corrected chi connectivity index (χ1v) is 13.2. The maximum absolute atomic E-state index is 15.1. The lowest BCUT2D eigenvalue weighted by atomic mass is 9.74. The normalized spacial score (nSPS) is 21.1. The minimum atomic E-state index is -5.48. The van der Waals surface area contributed by atoms with Crippen LogP contribution < -0.4 is 9.47 Å². The van der Waals surface area contributed by atoms with Gasteiger partial charge in [-0.1, -0.05) is 19.8 Å². The van der Waals surface area contributed by atoms with Crippen LogP contribution in [0, 0.1) is 46.8 Å². The van der Waals surface area contributed by atoms with Gasteiger partial charge in [-0.15, -0.1) is 0 Å². The zero-order valence-corrected chi connectivity index (χ0v) is 22.0. The van der Waals surface area contributed by atoms with Crippen molar-refractivity contribution in [2.24, 2.45) is 17.8 Å². The highest BCUT2D eigenvalue weighted by molar-refractivity contribution is 5.68. The van der Waals surface area contributed by atoms with Crippen molar-refractivity contribution in [3.63, 3.8) is 0 Å². The van der Waals surface area contributed by atoms with Gasteiger partial charge in [0.1, 0.15) is 51.7 Å². The summed E-state index contributed by atoms with van der Waals surface area (Å²) in [4.78, 5) is 0. The van der Waals surface area contributed by atoms with Crippen LogP contribution in [-0.2, 0) is 18.7 Å². The summed E-state index contributed by atoms with van der Waals surface area (Å²) in [6.45, 7) is 2.58. The summed E-state index contributed by atoms with van der Waals surface area (Å²) < 4.78 is 150. The molecule has 3 aromatic carbocycles. The summed E-state index contributed by atoms with van der Waals surface area (Å²) in [7, 11) is 0. The van der Waals surface area contributed by atoms with Gasteiger partial charge in [-0.25, -0.2) is 22.0 Å². The highest BCUT2D eigenvalue weighted by atomic mass is 19.4. The zero-order valence-electron chi connectivity index (χ0n) is 22.0. The second-order valence-corrected chi connectivity index (χ2v) is 10.9. The van der Waals surface area contributed by atoms with Crippen molar-refractivity contribution < 1.29 is 53.4 Å². The largest absolute Gasteiger partial charge is 0.493 e. The van der Waals surface area contributed by atoms with Crippen molar-refractivity contribution >= 4 is 0 Å². The average molecular weight is 606 g/mol. The van der Waals surface area contributed by atoms with E-state index in [9.17, 15) is 39.5 Å². The van der Waals surface area contributed by atoms with E-state index in [1.54, 1.807) is 0 Å². The first-order chi connectivity index (χ1) is 19.6. The number of hydrogen-bond acceptors (Lipinski definition) is 2. The molecule has 1 heterocycles. The van der Waals surface area contributed by atoms with E-state index in [4.69, 9.17) is 4.74 Å². The molecule has 1 saturated carbocycles. The minimum absolute atomic E-state index is 0.189. The Morgan fingerprint density at radius 2 is 1.26 bits per heavy atom. The van der Waals surface area contributed by atoms with Crippen molar-refractivity contribution in [1.29, 1.82) is 0 Å². The van der Waals surface area contributed by atoms with Gasteiger partial charge in [0.25, 0.3) is 0 Å². The lowest BCUT2D eigenvalue weighted by molar-refractivity contribution is -0.189. The Labute approximate surface area is 234 Å². The van der Waals surface area contributed by atoms with E-state index in [1.807, 2.05) is 0 Å². The fourth-order valence-corrected chi connectivity index (χ4v) is 5.79. The molecule has 12 heteroatoms. The van der Waals surface area contributed by atoms with Crippen molar-refractivity contribution in [2.75, 3.05) is 6.61 Å². The summed E-state index contributed by atoms with van der Waals surface area (Å²) in [5, 5.41) is 0. The molecule has 0 aromatic heterocycles. The van der Waals surface area contributed by atoms with Gasteiger partial charge in [-0.2, -0.15) is 22.0 Å². The van der Waals surface area contributed by atoms with E-state index >= 15 is 4.39 Å². The summed E-state index contributed by atoms with van der Waals surface area (Å²) in [6.07, 6.45) is -5.53. The van der Waals surface area contributed by atoms with Crippen LogP contribution in [0.2, 0.25) is 0 Å². The Morgan fingerprint density at radius 1 is 0.690 bits per heavy atom. The molecular formula is C30H24F10O2. The van der Waals surface area contributed by atoms with Crippen LogP contribution in [0.1, 0.15) is 49.3 Å². The lowest BCUT2D eigenvalue weighted by Gasteiger charge is -2.35. The van der Waals surface area contributed by atoms with E-state index in [0.717, 1.165) is 25.7 Å². The molecular weight excluding hydrogens is 582 g/mol. The van der Waals surface area contributed by atoms with Crippen LogP contribution in [0.15, 0.2) is 36.4 Å². The standard InChI is InChI=1S/C30H24F10O2/c1-14-2-4-15(5-3-14)18-6-17-9-21(31)20(12-26(17)41-13-18)16-7-22(32)28(23(33)8-16)30(39,40)42-19-10-24(34)27(25(35)11-19)29(36,37)38/h7-12,14-15,18H,2-6,13H2,1H3. The Hall–Kier alpha value is -3.44. The van der Waals surface area contributed by atoms with Crippen LogP contribution >= 0.6 is 0 Å². The summed E-state index contributed by atoms with van der Waals surface area (Å²) >= 11 is 0. The Bertz CT molecular complexity index is 1450. The molecule has 3 aromatic rings. The SMILES string of the molecule is CC1CCC(C2COc3cc(-c4cc(F)c(C(F)(F)Oc5cc(F)c(C(F)(F)F)c(F)c5)c(F)c4)c(F)cc3C2)CC1. The van der Waals surface area contributed by atoms with Gasteiger partial charge in [0, 0.05) is 17.7 Å². The minimum Gasteiger partial charge on any atom is -0.493 e. The van der Waals surface area contributed by atoms with E-state index in [0.29, 0.717) is 48.3 Å². The van der Waals surface area contributed by atoms with Gasteiger partial charge in [-0.05, 0) is 72.4 Å². The molecule has 0 spiro atoms. The van der Waals surface area contributed by atoms with Crippen LogP contribution in [0.25, 0.3) is 11.1 Å². The van der Waals surface area contributed by atoms with Gasteiger partial charge in [0.05, 0.1) is 6.61 Å². The first-order valence-electron chi connectivity index (χ1n) is 13.2. The second kappa shape index (κ2) is 11.0. The zero-order chi connectivity index (χ0) is 30.6. The summed E-state index contributed by atoms with van der Waals surface area (Å²) in [6, 6.07) is 2.89. The molecule has 1 fully saturated rings. The highest BCUT2D eigenvalue weighted by Gasteiger charge is 2.43. The second-order valence-electron chi connectivity index (χ2n) is 10.9. The van der Waals surface area contributed by atoms with E-state index in [2.05, 4.69) is 11.7 Å². The van der Waals surface area contributed by atoms with Gasteiger partial charge >= 0.3 is 12.3 Å². The number of alkyl halides is 5. The predicted molar refractivity (Wildman–Crippen MR) is 131 cm³/mol. The molecule has 5 rings (SSSR count). The molecule has 1 aliphatic heterocycles. The molecule has 2 nitrogen and oxygen atoms in total. The molecule has 226 valence electrons. The summed E-state index contributed by atoms with van der Waals surface area (Å²) in [5.74, 6) is -9.05. The van der Waals surface area contributed by atoms with Crippen LogP contribution in [0.5, 0.6) is 11.5 Å². The van der Waals surface area contributed by atoms with Gasteiger partial charge in [0.2, 0.25) is 0 Å². The Kier molecular flexibility index (Phi) is 7.86. The van der Waals surface area contributed by atoms with Crippen LogP contribution in [0.4, 0.5) is 43.9 Å². The number of fused-ring (bicyclic) bond motifs is 1. The molecule has 0 saturated heterocycles. The summed E-state index contributed by atoms with van der Waals surface area (Å²) in [5.41, 5.74) is -4.52. The third kappa shape index (κ3) is 5.89. The maximum atomic E-state index is 15.1. The maximum Gasteiger partial charge on any atom is 0.432 e. The van der Waals surface area contributed by atoms with Crippen LogP contribution in [0.3, 0.4) is 0 Å². The number of benzene rings is 3. The number of ether oxygens (including phenoxy) is 2. The molecule has 1 atom stereocenters. The predicted octanol–water partition coefficient (Wildman–Crippen LogP) is 9.57. The number of rotatable bonds is 5. The van der Waals surface area contributed by atoms with E-state index in [-0.39, 0.29) is 23.6 Å². The smallest absolute Gasteiger partial charge is 0.432 e. The molecule has 0 amide bonds. The lowest BCUT2D eigenvalue weighted by Crippen LogP contribution is -2.30. The molecule has 1 aliphatic carbocycles. The molecule has 0 N–H and O–H groups in total. The van der Waals surface area contributed by atoms with Gasteiger partial charge < -0.3 is 9.47 Å². The topological polar surface area (TPSA) is 18.5 Å². The van der Waals surface area contributed by atoms with Gasteiger partial charge in [-0.3, -0.25) is 0 Å². The highest BCUT2D eigenvalue weighted by Crippen LogP contribution is 2.43. The van der Waals surface area contributed by atoms with Crippen molar-refractivity contribution in [3.05, 3.63) is 82.2 Å². The monoisotopic (exact) mass is 606 g/mol. The molecule has 0 bridgehead atoms. The first kappa shape index (κ1) is 30.0. The van der Waals surface area contributed by atoms with Crippen molar-refractivity contribution in [3.8, 4) is 22.6 Å². The average Bonchev–Trinajstić information content (AvgIpc) is 2.86. The number of halogens is 10. The van der Waals surface area contributed by atoms with Crippen molar-refractivity contribution in [2.45, 2.75) is 51.3 Å². The molecule has 1 unspecified atom stereocenters. The number of hydrogen-bond donors (Lipinski definition) is 0. The third-order valence-corrected chi connectivity index (χ3v) is 8.00.